The van der Waals surface area contributed by atoms with Gasteiger partial charge in [0.25, 0.3) is 0 Å². The summed E-state index contributed by atoms with van der Waals surface area (Å²) in [5.41, 5.74) is 8.60. The van der Waals surface area contributed by atoms with Gasteiger partial charge in [-0.2, -0.15) is 0 Å². The molecule has 2 nitrogen and oxygen atoms in total. The van der Waals surface area contributed by atoms with E-state index >= 15 is 0 Å². The minimum absolute atomic E-state index is 0.273. The quantitative estimate of drug-likeness (QED) is 0.315. The van der Waals surface area contributed by atoms with Gasteiger partial charge in [-0.15, -0.1) is 0 Å². The predicted octanol–water partition coefficient (Wildman–Crippen LogP) is 7.19. The molecule has 3 aromatic rings. The molecule has 1 spiro atoms. The Labute approximate surface area is 215 Å². The molecule has 9 rings (SSSR count). The van der Waals surface area contributed by atoms with Crippen LogP contribution >= 0.6 is 0 Å². The van der Waals surface area contributed by atoms with Gasteiger partial charge < -0.3 is 4.57 Å². The Morgan fingerprint density at radius 3 is 2.61 bits per heavy atom. The molecule has 4 unspecified atom stereocenters. The Morgan fingerprint density at radius 2 is 1.72 bits per heavy atom. The zero-order chi connectivity index (χ0) is 23.8. The first-order chi connectivity index (χ1) is 17.6. The maximum absolute atomic E-state index is 3.15. The summed E-state index contributed by atoms with van der Waals surface area (Å²) >= 11 is 0. The smallest absolute Gasteiger partial charge is 0.216 e. The fourth-order valence-electron chi connectivity index (χ4n) is 11.1. The fourth-order valence-corrected chi connectivity index (χ4v) is 11.1. The van der Waals surface area contributed by atoms with Gasteiger partial charge in [0.05, 0.1) is 5.52 Å². The molecule has 0 radical (unpaired) electrons. The minimum atomic E-state index is 0.273. The number of para-hydroxylation sites is 2. The molecule has 2 saturated heterocycles. The third-order valence-corrected chi connectivity index (χ3v) is 12.2. The van der Waals surface area contributed by atoms with Crippen LogP contribution in [0.1, 0.15) is 71.6 Å². The molecule has 3 aliphatic carbocycles. The summed E-state index contributed by atoms with van der Waals surface area (Å²) in [6.45, 7) is 5.94. The highest BCUT2D eigenvalue weighted by Crippen LogP contribution is 2.68. The average molecular weight is 472 g/mol. The summed E-state index contributed by atoms with van der Waals surface area (Å²) in [6, 6.07) is 17.7. The van der Waals surface area contributed by atoms with Gasteiger partial charge in [0.1, 0.15) is 0 Å². The van der Waals surface area contributed by atoms with E-state index in [0.29, 0.717) is 18.2 Å². The Hall–Kier alpha value is -2.26. The van der Waals surface area contributed by atoms with Crippen LogP contribution in [0.25, 0.3) is 27.5 Å². The number of benzene rings is 2. The molecule has 4 fully saturated rings. The van der Waals surface area contributed by atoms with E-state index in [1.807, 2.05) is 0 Å². The zero-order valence-electron chi connectivity index (χ0n) is 21.8. The third kappa shape index (κ3) is 2.16. The van der Waals surface area contributed by atoms with E-state index < -0.39 is 0 Å². The molecular formula is C33H37BN2. The van der Waals surface area contributed by atoms with Gasteiger partial charge in [-0.05, 0) is 74.3 Å². The van der Waals surface area contributed by atoms with Crippen molar-refractivity contribution in [3.05, 3.63) is 60.1 Å². The Bertz CT molecular complexity index is 1500. The van der Waals surface area contributed by atoms with Crippen LogP contribution in [0.3, 0.4) is 0 Å². The van der Waals surface area contributed by atoms with E-state index in [2.05, 4.69) is 77.9 Å². The SMILES string of the molecule is CC1(C)N2C3CC=CC4=C3B(c3cccc5c6ccccc6n4c35)C3CCCC(C32)C12CCCCC2. The van der Waals surface area contributed by atoms with Crippen molar-refractivity contribution in [1.29, 1.82) is 0 Å². The fraction of sp³-hybridized carbons (Fsp3) is 0.515. The first-order valence-electron chi connectivity index (χ1n) is 14.8. The lowest BCUT2D eigenvalue weighted by Gasteiger charge is -2.56. The second kappa shape index (κ2) is 6.78. The van der Waals surface area contributed by atoms with E-state index in [-0.39, 0.29) is 5.54 Å². The number of nitrogens with zero attached hydrogens (tertiary/aromatic N) is 2. The second-order valence-electron chi connectivity index (χ2n) is 13.4. The number of hydrogen-bond acceptors (Lipinski definition) is 1. The lowest BCUT2D eigenvalue weighted by atomic mass is 9.26. The third-order valence-electron chi connectivity index (χ3n) is 12.2. The second-order valence-corrected chi connectivity index (χ2v) is 13.4. The lowest BCUT2D eigenvalue weighted by Crippen LogP contribution is -2.65. The van der Waals surface area contributed by atoms with Crippen LogP contribution in [0, 0.1) is 11.3 Å². The number of fused-ring (bicyclic) bond motifs is 8. The van der Waals surface area contributed by atoms with Gasteiger partial charge >= 0.3 is 0 Å². The highest BCUT2D eigenvalue weighted by molar-refractivity contribution is 6.85. The maximum atomic E-state index is 3.15. The van der Waals surface area contributed by atoms with Crippen LogP contribution in [-0.4, -0.2) is 33.8 Å². The van der Waals surface area contributed by atoms with Gasteiger partial charge in [-0.3, -0.25) is 4.90 Å². The molecule has 4 heterocycles. The Morgan fingerprint density at radius 1 is 0.889 bits per heavy atom. The van der Waals surface area contributed by atoms with E-state index in [1.54, 1.807) is 10.9 Å². The van der Waals surface area contributed by atoms with E-state index in [9.17, 15) is 0 Å². The summed E-state index contributed by atoms with van der Waals surface area (Å²) < 4.78 is 2.66. The van der Waals surface area contributed by atoms with Crippen molar-refractivity contribution in [2.24, 2.45) is 11.3 Å². The van der Waals surface area contributed by atoms with Crippen molar-refractivity contribution in [3.8, 4) is 0 Å². The van der Waals surface area contributed by atoms with Crippen LogP contribution in [0.5, 0.6) is 0 Å². The first-order valence-corrected chi connectivity index (χ1v) is 14.8. The van der Waals surface area contributed by atoms with Crippen molar-refractivity contribution < 1.29 is 0 Å². The van der Waals surface area contributed by atoms with Gasteiger partial charge in [0, 0.05) is 39.6 Å². The van der Waals surface area contributed by atoms with Gasteiger partial charge in [0.15, 0.2) is 0 Å². The Kier molecular flexibility index (Phi) is 3.91. The van der Waals surface area contributed by atoms with Crippen LogP contribution < -0.4 is 5.46 Å². The summed E-state index contributed by atoms with van der Waals surface area (Å²) in [4.78, 5) is 3.15. The van der Waals surface area contributed by atoms with Crippen molar-refractivity contribution in [2.75, 3.05) is 0 Å². The summed E-state index contributed by atoms with van der Waals surface area (Å²) in [5.74, 6) is 1.64. The standard InChI is InChI=1S/C33H37BN2/c1-32(2)33(19-6-3-7-20-33)23-13-9-15-25-31(23)36(32)28-18-10-17-27-29(28)34(25)24-14-8-12-22-21-11-4-5-16-26(21)35(27)30(22)24/h4-5,8,10-12,14,16-17,23,25,28,31H,3,6-7,9,13,15,18-20H2,1-2H3. The lowest BCUT2D eigenvalue weighted by molar-refractivity contribution is 0.000748. The molecule has 0 amide bonds. The van der Waals surface area contributed by atoms with Crippen molar-refractivity contribution in [2.45, 2.75) is 95.1 Å². The number of allylic oxidation sites excluding steroid dienone is 2. The largest absolute Gasteiger partial charge is 0.311 e. The monoisotopic (exact) mass is 472 g/mol. The average Bonchev–Trinajstić information content (AvgIpc) is 3.34. The van der Waals surface area contributed by atoms with Gasteiger partial charge in [0.2, 0.25) is 6.71 Å². The van der Waals surface area contributed by atoms with Crippen molar-refractivity contribution in [3.63, 3.8) is 0 Å². The molecule has 3 aliphatic heterocycles. The maximum Gasteiger partial charge on any atom is 0.216 e. The summed E-state index contributed by atoms with van der Waals surface area (Å²) in [7, 11) is 0. The topological polar surface area (TPSA) is 8.17 Å². The molecule has 6 aliphatic rings. The van der Waals surface area contributed by atoms with Crippen LogP contribution in [-0.2, 0) is 0 Å². The molecule has 2 saturated carbocycles. The highest BCUT2D eigenvalue weighted by Gasteiger charge is 2.70. The number of aromatic nitrogens is 1. The first kappa shape index (κ1) is 20.8. The zero-order valence-corrected chi connectivity index (χ0v) is 21.8. The summed E-state index contributed by atoms with van der Waals surface area (Å²) in [6.07, 6.45) is 17.8. The number of hydrogen-bond donors (Lipinski definition) is 0. The molecule has 2 aromatic carbocycles. The molecule has 3 heteroatoms. The molecule has 182 valence electrons. The predicted molar refractivity (Wildman–Crippen MR) is 152 cm³/mol. The van der Waals surface area contributed by atoms with E-state index in [1.165, 1.54) is 85.3 Å². The van der Waals surface area contributed by atoms with E-state index in [0.717, 1.165) is 17.8 Å². The van der Waals surface area contributed by atoms with Gasteiger partial charge in [-0.25, -0.2) is 0 Å². The molecule has 1 aromatic heterocycles. The molecular weight excluding hydrogens is 435 g/mol. The molecule has 0 bridgehead atoms. The summed E-state index contributed by atoms with van der Waals surface area (Å²) in [5, 5.41) is 2.87. The normalized spacial score (nSPS) is 33.4. The number of rotatable bonds is 0. The highest BCUT2D eigenvalue weighted by atomic mass is 15.3. The van der Waals surface area contributed by atoms with E-state index in [4.69, 9.17) is 0 Å². The molecule has 0 N–H and O–H groups in total. The van der Waals surface area contributed by atoms with Crippen LogP contribution in [0.4, 0.5) is 0 Å². The van der Waals surface area contributed by atoms with Crippen LogP contribution in [0.15, 0.2) is 60.1 Å². The van der Waals surface area contributed by atoms with Crippen molar-refractivity contribution in [1.82, 2.24) is 9.47 Å². The van der Waals surface area contributed by atoms with Gasteiger partial charge in [-0.1, -0.05) is 80.1 Å². The Balaban J connectivity index is 1.36. The minimum Gasteiger partial charge on any atom is -0.311 e. The van der Waals surface area contributed by atoms with Crippen LogP contribution in [0.2, 0.25) is 5.82 Å². The van der Waals surface area contributed by atoms with Crippen molar-refractivity contribution >= 4 is 39.7 Å². The molecule has 4 atom stereocenters. The molecule has 36 heavy (non-hydrogen) atoms.